The number of fused-ring (bicyclic) bond motifs is 1. The van der Waals surface area contributed by atoms with E-state index < -0.39 is 10.0 Å². The minimum Gasteiger partial charge on any atom is -0.454 e. The second-order valence-corrected chi connectivity index (χ2v) is 7.60. The van der Waals surface area contributed by atoms with Gasteiger partial charge in [-0.25, -0.2) is 13.1 Å². The average molecular weight is 354 g/mol. The van der Waals surface area contributed by atoms with Crippen LogP contribution in [-0.2, 0) is 10.0 Å². The first-order valence-corrected chi connectivity index (χ1v) is 9.13. The van der Waals surface area contributed by atoms with Gasteiger partial charge < -0.3 is 14.8 Å². The van der Waals surface area contributed by atoms with Crippen LogP contribution >= 0.6 is 11.3 Å². The Bertz CT molecular complexity index is 803. The van der Waals surface area contributed by atoms with Crippen molar-refractivity contribution in [3.05, 3.63) is 41.3 Å². The van der Waals surface area contributed by atoms with Crippen LogP contribution in [0.25, 0.3) is 0 Å². The number of amides is 1. The second kappa shape index (κ2) is 6.57. The fraction of sp³-hybridized carbons (Fsp3) is 0.214. The standard InChI is InChI=1S/C14H14N2O5S2/c17-14(10-3-4-11-12(8-10)21-9-20-11)15-5-6-16-23(18,19)13-2-1-7-22-13/h1-4,7-8,16H,5-6,9H2,(H,15,17). The van der Waals surface area contributed by atoms with E-state index in [1.807, 2.05) is 0 Å². The summed E-state index contributed by atoms with van der Waals surface area (Å²) in [6, 6.07) is 8.07. The van der Waals surface area contributed by atoms with E-state index in [0.717, 1.165) is 11.3 Å². The van der Waals surface area contributed by atoms with Crippen LogP contribution in [0.5, 0.6) is 11.5 Å². The maximum Gasteiger partial charge on any atom is 0.251 e. The summed E-state index contributed by atoms with van der Waals surface area (Å²) in [6.45, 7) is 0.430. The Morgan fingerprint density at radius 3 is 2.78 bits per heavy atom. The molecule has 2 heterocycles. The van der Waals surface area contributed by atoms with Gasteiger partial charge in [-0.15, -0.1) is 11.3 Å². The molecule has 122 valence electrons. The zero-order chi connectivity index (χ0) is 16.3. The topological polar surface area (TPSA) is 93.7 Å². The smallest absolute Gasteiger partial charge is 0.251 e. The lowest BCUT2D eigenvalue weighted by Crippen LogP contribution is -2.34. The zero-order valence-corrected chi connectivity index (χ0v) is 13.6. The van der Waals surface area contributed by atoms with E-state index in [-0.39, 0.29) is 30.0 Å². The van der Waals surface area contributed by atoms with E-state index in [2.05, 4.69) is 10.0 Å². The molecule has 0 spiro atoms. The summed E-state index contributed by atoms with van der Waals surface area (Å²) in [5, 5.41) is 4.34. The van der Waals surface area contributed by atoms with Gasteiger partial charge in [-0.05, 0) is 29.6 Å². The number of hydrogen-bond donors (Lipinski definition) is 2. The fourth-order valence-corrected chi connectivity index (χ4v) is 4.06. The average Bonchev–Trinajstić information content (AvgIpc) is 3.21. The molecule has 3 rings (SSSR count). The highest BCUT2D eigenvalue weighted by atomic mass is 32.2. The third-order valence-electron chi connectivity index (χ3n) is 3.10. The first-order valence-electron chi connectivity index (χ1n) is 6.77. The number of sulfonamides is 1. The molecule has 2 aromatic rings. The van der Waals surface area contributed by atoms with Crippen molar-refractivity contribution in [1.82, 2.24) is 10.0 Å². The number of ether oxygens (including phenoxy) is 2. The molecular weight excluding hydrogens is 340 g/mol. The van der Waals surface area contributed by atoms with Crippen LogP contribution in [-0.4, -0.2) is 34.2 Å². The zero-order valence-electron chi connectivity index (χ0n) is 11.9. The lowest BCUT2D eigenvalue weighted by Gasteiger charge is -2.07. The molecule has 23 heavy (non-hydrogen) atoms. The molecule has 1 amide bonds. The molecule has 1 aromatic heterocycles. The van der Waals surface area contributed by atoms with Crippen LogP contribution < -0.4 is 19.5 Å². The molecule has 0 fully saturated rings. The van der Waals surface area contributed by atoms with E-state index in [4.69, 9.17) is 9.47 Å². The van der Waals surface area contributed by atoms with Gasteiger partial charge in [0.2, 0.25) is 16.8 Å². The molecule has 0 saturated carbocycles. The first-order chi connectivity index (χ1) is 11.1. The van der Waals surface area contributed by atoms with Crippen molar-refractivity contribution < 1.29 is 22.7 Å². The van der Waals surface area contributed by atoms with Gasteiger partial charge in [0.1, 0.15) is 4.21 Å². The number of carbonyl (C=O) groups is 1. The lowest BCUT2D eigenvalue weighted by molar-refractivity contribution is 0.0954. The predicted octanol–water partition coefficient (Wildman–Crippen LogP) is 1.19. The normalized spacial score (nSPS) is 13.0. The fourth-order valence-electron chi connectivity index (χ4n) is 1.99. The molecule has 0 unspecified atom stereocenters. The van der Waals surface area contributed by atoms with Crippen LogP contribution in [0.2, 0.25) is 0 Å². The largest absolute Gasteiger partial charge is 0.454 e. The van der Waals surface area contributed by atoms with Crippen LogP contribution in [0.3, 0.4) is 0 Å². The minimum absolute atomic E-state index is 0.108. The molecule has 7 nitrogen and oxygen atoms in total. The van der Waals surface area contributed by atoms with E-state index >= 15 is 0 Å². The van der Waals surface area contributed by atoms with Gasteiger partial charge in [0.15, 0.2) is 11.5 Å². The lowest BCUT2D eigenvalue weighted by atomic mass is 10.2. The summed E-state index contributed by atoms with van der Waals surface area (Å²) in [6.07, 6.45) is 0. The van der Waals surface area contributed by atoms with Crippen LogP contribution in [0, 0.1) is 0 Å². The Kier molecular flexibility index (Phi) is 4.51. The molecule has 1 aliphatic heterocycles. The van der Waals surface area contributed by atoms with Gasteiger partial charge in [-0.2, -0.15) is 0 Å². The van der Waals surface area contributed by atoms with Gasteiger partial charge in [-0.1, -0.05) is 6.07 Å². The molecule has 1 aromatic carbocycles. The van der Waals surface area contributed by atoms with Crippen LogP contribution in [0.15, 0.2) is 39.9 Å². The summed E-state index contributed by atoms with van der Waals surface area (Å²) in [5.74, 6) is 0.819. The van der Waals surface area contributed by atoms with Crippen molar-refractivity contribution >= 4 is 27.3 Å². The maximum absolute atomic E-state index is 12.0. The molecule has 0 saturated heterocycles. The predicted molar refractivity (Wildman–Crippen MR) is 84.4 cm³/mol. The number of thiophene rings is 1. The molecule has 0 bridgehead atoms. The third kappa shape index (κ3) is 3.63. The quantitative estimate of drug-likeness (QED) is 0.760. The minimum atomic E-state index is -3.51. The molecule has 1 aliphatic rings. The highest BCUT2D eigenvalue weighted by molar-refractivity contribution is 7.91. The Labute approximate surface area is 137 Å². The number of benzene rings is 1. The Morgan fingerprint density at radius 1 is 1.17 bits per heavy atom. The van der Waals surface area contributed by atoms with Gasteiger partial charge in [0, 0.05) is 18.7 Å². The number of carbonyl (C=O) groups excluding carboxylic acids is 1. The van der Waals surface area contributed by atoms with Crippen molar-refractivity contribution in [3.8, 4) is 11.5 Å². The van der Waals surface area contributed by atoms with E-state index in [9.17, 15) is 13.2 Å². The summed E-state index contributed by atoms with van der Waals surface area (Å²) in [4.78, 5) is 12.0. The van der Waals surface area contributed by atoms with E-state index in [0.29, 0.717) is 17.1 Å². The summed E-state index contributed by atoms with van der Waals surface area (Å²) in [5.41, 5.74) is 0.426. The number of rotatable bonds is 6. The first kappa shape index (κ1) is 15.8. The van der Waals surface area contributed by atoms with Gasteiger partial charge >= 0.3 is 0 Å². The van der Waals surface area contributed by atoms with Crippen molar-refractivity contribution in [2.24, 2.45) is 0 Å². The Hall–Kier alpha value is -2.10. The van der Waals surface area contributed by atoms with Crippen molar-refractivity contribution in [1.29, 1.82) is 0 Å². The Morgan fingerprint density at radius 2 is 2.00 bits per heavy atom. The highest BCUT2D eigenvalue weighted by Crippen LogP contribution is 2.32. The highest BCUT2D eigenvalue weighted by Gasteiger charge is 2.17. The van der Waals surface area contributed by atoms with Crippen LogP contribution in [0.4, 0.5) is 0 Å². The summed E-state index contributed by atoms with van der Waals surface area (Å²) < 4.78 is 36.8. The van der Waals surface area contributed by atoms with Crippen LogP contribution in [0.1, 0.15) is 10.4 Å². The second-order valence-electron chi connectivity index (χ2n) is 4.65. The molecule has 0 atom stereocenters. The van der Waals surface area contributed by atoms with Crippen molar-refractivity contribution in [2.75, 3.05) is 19.9 Å². The third-order valence-corrected chi connectivity index (χ3v) is 5.96. The van der Waals surface area contributed by atoms with Gasteiger partial charge in [0.25, 0.3) is 5.91 Å². The summed E-state index contributed by atoms with van der Waals surface area (Å²) in [7, 11) is -3.51. The van der Waals surface area contributed by atoms with Crippen molar-refractivity contribution in [3.63, 3.8) is 0 Å². The van der Waals surface area contributed by atoms with E-state index in [1.54, 1.807) is 29.6 Å². The number of hydrogen-bond acceptors (Lipinski definition) is 6. The van der Waals surface area contributed by atoms with Gasteiger partial charge in [-0.3, -0.25) is 4.79 Å². The Balaban J connectivity index is 1.50. The number of nitrogens with one attached hydrogen (secondary N) is 2. The molecular formula is C14H14N2O5S2. The summed E-state index contributed by atoms with van der Waals surface area (Å²) >= 11 is 1.14. The van der Waals surface area contributed by atoms with E-state index in [1.165, 1.54) is 6.07 Å². The monoisotopic (exact) mass is 354 g/mol. The molecule has 0 radical (unpaired) electrons. The SMILES string of the molecule is O=C(NCCNS(=O)(=O)c1cccs1)c1ccc2c(c1)OCO2. The molecule has 9 heteroatoms. The van der Waals surface area contributed by atoms with Gasteiger partial charge in [0.05, 0.1) is 0 Å². The maximum atomic E-state index is 12.0. The van der Waals surface area contributed by atoms with Crippen molar-refractivity contribution in [2.45, 2.75) is 4.21 Å². The molecule has 2 N–H and O–H groups in total. The molecule has 0 aliphatic carbocycles.